The number of halogens is 3. The van der Waals surface area contributed by atoms with E-state index < -0.39 is 47.0 Å². The minimum absolute atomic E-state index is 0.0782. The van der Waals surface area contributed by atoms with Crippen LogP contribution in [0.5, 0.6) is 0 Å². The number of nitrogens with one attached hydrogen (secondary N) is 3. The molecule has 2 aliphatic heterocycles. The molecule has 13 heteroatoms. The fourth-order valence-electron chi connectivity index (χ4n) is 6.12. The standard InChI is InChI=1S/C36H45F3N6O4/c1-22(44(8)31(46)48-33(2,3)4)35(40-19-20-41-35)26-17-15-24(16-18-26)23-11-13-25(14-12-23)28-29(36(37,38)39)43-30(42-28)27-10-9-21-45(27)32(47)49-34(5,6)7/h11-20,22,27,40-41H,9-10,21H2,1-8H3,(H,42,43)/t22-,27-/m0/s1. The molecule has 5 rings (SSSR count). The van der Waals surface area contributed by atoms with Crippen molar-refractivity contribution in [2.75, 3.05) is 13.6 Å². The molecule has 2 aliphatic rings. The zero-order valence-corrected chi connectivity index (χ0v) is 29.2. The maximum atomic E-state index is 14.3. The second kappa shape index (κ2) is 13.0. The second-order valence-electron chi connectivity index (χ2n) is 14.5. The summed E-state index contributed by atoms with van der Waals surface area (Å²) < 4.78 is 53.9. The van der Waals surface area contributed by atoms with Gasteiger partial charge in [0.2, 0.25) is 0 Å². The van der Waals surface area contributed by atoms with Crippen molar-refractivity contribution < 1.29 is 32.2 Å². The summed E-state index contributed by atoms with van der Waals surface area (Å²) in [5, 5.41) is 6.71. The van der Waals surface area contributed by atoms with Crippen LogP contribution >= 0.6 is 0 Å². The van der Waals surface area contributed by atoms with E-state index in [1.807, 2.05) is 52.0 Å². The van der Waals surface area contributed by atoms with E-state index in [0.717, 1.165) is 16.7 Å². The highest BCUT2D eigenvalue weighted by Gasteiger charge is 2.44. The Kier molecular flexibility index (Phi) is 9.43. The predicted octanol–water partition coefficient (Wildman–Crippen LogP) is 7.91. The number of alkyl halides is 3. The maximum absolute atomic E-state index is 14.3. The first-order valence-electron chi connectivity index (χ1n) is 16.3. The van der Waals surface area contributed by atoms with Gasteiger partial charge in [-0.25, -0.2) is 14.6 Å². The van der Waals surface area contributed by atoms with Gasteiger partial charge in [-0.3, -0.25) is 4.90 Å². The first-order chi connectivity index (χ1) is 22.8. The third-order valence-electron chi connectivity index (χ3n) is 8.63. The van der Waals surface area contributed by atoms with Crippen LogP contribution in [0.25, 0.3) is 22.4 Å². The van der Waals surface area contributed by atoms with Crippen LogP contribution in [0, 0.1) is 0 Å². The fraction of sp³-hybridized carbons (Fsp3) is 0.472. The number of hydrogen-bond acceptors (Lipinski definition) is 7. The summed E-state index contributed by atoms with van der Waals surface area (Å²) in [5.74, 6) is 0.0782. The average molecular weight is 683 g/mol. The van der Waals surface area contributed by atoms with Crippen molar-refractivity contribution in [3.8, 4) is 22.4 Å². The summed E-state index contributed by atoms with van der Waals surface area (Å²) in [5.41, 5.74) is -0.584. The number of benzene rings is 2. The van der Waals surface area contributed by atoms with E-state index in [4.69, 9.17) is 9.47 Å². The Hall–Kier alpha value is -4.68. The normalized spacial score (nSPS) is 18.1. The van der Waals surface area contributed by atoms with Gasteiger partial charge >= 0.3 is 18.4 Å². The third-order valence-corrected chi connectivity index (χ3v) is 8.63. The number of H-pyrrole nitrogens is 1. The van der Waals surface area contributed by atoms with Gasteiger partial charge in [-0.05, 0) is 78.0 Å². The first-order valence-corrected chi connectivity index (χ1v) is 16.3. The predicted molar refractivity (Wildman–Crippen MR) is 180 cm³/mol. The Bertz CT molecular complexity index is 1680. The van der Waals surface area contributed by atoms with Gasteiger partial charge in [0.15, 0.2) is 5.66 Å². The fourth-order valence-corrected chi connectivity index (χ4v) is 6.12. The van der Waals surface area contributed by atoms with Crippen molar-refractivity contribution >= 4 is 12.2 Å². The van der Waals surface area contributed by atoms with Crippen LogP contribution in [0.1, 0.15) is 84.4 Å². The largest absolute Gasteiger partial charge is 0.444 e. The topological polar surface area (TPSA) is 112 Å². The molecule has 0 bridgehead atoms. The molecule has 3 heterocycles. The lowest BCUT2D eigenvalue weighted by Crippen LogP contribution is -2.60. The first kappa shape index (κ1) is 35.6. The van der Waals surface area contributed by atoms with E-state index in [0.29, 0.717) is 24.9 Å². The Balaban J connectivity index is 1.38. The number of likely N-dealkylation sites (N-methyl/N-ethyl adjacent to an activating group) is 1. The SMILES string of the molecule is C[C@H](N(C)C(=O)OC(C)(C)C)C1(c2ccc(-c3ccc(-c4nc([C@@H]5CCCN5C(=O)OC(C)(C)C)[nH]c4C(F)(F)F)cc3)cc2)NC=CN1. The Morgan fingerprint density at radius 2 is 1.43 bits per heavy atom. The smallest absolute Gasteiger partial charge is 0.433 e. The van der Waals surface area contributed by atoms with Crippen molar-refractivity contribution in [2.45, 2.75) is 96.4 Å². The molecule has 3 N–H and O–H groups in total. The number of ether oxygens (including phenoxy) is 2. The van der Waals surface area contributed by atoms with Gasteiger partial charge < -0.3 is 30.0 Å². The van der Waals surface area contributed by atoms with E-state index in [-0.39, 0.29) is 17.6 Å². The summed E-state index contributed by atoms with van der Waals surface area (Å²) in [6, 6.07) is 13.4. The summed E-state index contributed by atoms with van der Waals surface area (Å²) in [6.45, 7) is 13.0. The molecule has 0 aliphatic carbocycles. The molecular weight excluding hydrogens is 637 g/mol. The average Bonchev–Trinajstić information content (AvgIpc) is 3.79. The van der Waals surface area contributed by atoms with Crippen molar-refractivity contribution in [1.82, 2.24) is 30.4 Å². The highest BCUT2D eigenvalue weighted by molar-refractivity contribution is 5.72. The van der Waals surface area contributed by atoms with E-state index in [1.54, 1.807) is 69.4 Å². The summed E-state index contributed by atoms with van der Waals surface area (Å²) in [7, 11) is 1.69. The summed E-state index contributed by atoms with van der Waals surface area (Å²) in [6.07, 6.45) is -1.07. The molecule has 10 nitrogen and oxygen atoms in total. The number of rotatable bonds is 6. The molecule has 2 amide bonds. The van der Waals surface area contributed by atoms with Crippen LogP contribution in [0.4, 0.5) is 22.8 Å². The molecule has 0 spiro atoms. The molecule has 1 saturated heterocycles. The lowest BCUT2D eigenvalue weighted by atomic mass is 9.90. The van der Waals surface area contributed by atoms with E-state index >= 15 is 0 Å². The summed E-state index contributed by atoms with van der Waals surface area (Å²) >= 11 is 0. The van der Waals surface area contributed by atoms with Crippen molar-refractivity contribution in [1.29, 1.82) is 0 Å². The number of nitrogens with zero attached hydrogens (tertiary/aromatic N) is 3. The number of hydrogen-bond donors (Lipinski definition) is 3. The molecule has 0 saturated carbocycles. The monoisotopic (exact) mass is 682 g/mol. The summed E-state index contributed by atoms with van der Waals surface area (Å²) in [4.78, 5) is 35.6. The van der Waals surface area contributed by atoms with Gasteiger partial charge in [-0.1, -0.05) is 48.5 Å². The zero-order chi connectivity index (χ0) is 35.9. The number of amides is 2. The van der Waals surface area contributed by atoms with E-state index in [1.165, 1.54) is 4.90 Å². The van der Waals surface area contributed by atoms with Crippen molar-refractivity contribution in [3.05, 3.63) is 78.0 Å². The van der Waals surface area contributed by atoms with Crippen LogP contribution in [-0.2, 0) is 21.3 Å². The van der Waals surface area contributed by atoms with Crippen molar-refractivity contribution in [3.63, 3.8) is 0 Å². The molecule has 2 aromatic carbocycles. The molecule has 1 fully saturated rings. The number of carbonyl (C=O) groups excluding carboxylic acids is 2. The lowest BCUT2D eigenvalue weighted by molar-refractivity contribution is -0.140. The van der Waals surface area contributed by atoms with Gasteiger partial charge in [0.1, 0.15) is 28.4 Å². The van der Waals surface area contributed by atoms with E-state index in [9.17, 15) is 22.8 Å². The molecule has 2 atom stereocenters. The lowest BCUT2D eigenvalue weighted by Gasteiger charge is -2.41. The van der Waals surface area contributed by atoms with Gasteiger partial charge in [-0.15, -0.1) is 0 Å². The molecular formula is C36H45F3N6O4. The highest BCUT2D eigenvalue weighted by atomic mass is 19.4. The molecule has 3 aromatic rings. The molecule has 1 aromatic heterocycles. The number of aromatic amines is 1. The number of aromatic nitrogens is 2. The maximum Gasteiger partial charge on any atom is 0.433 e. The van der Waals surface area contributed by atoms with Gasteiger partial charge in [-0.2, -0.15) is 13.2 Å². The minimum Gasteiger partial charge on any atom is -0.444 e. The highest BCUT2D eigenvalue weighted by Crippen LogP contribution is 2.40. The zero-order valence-electron chi connectivity index (χ0n) is 29.2. The minimum atomic E-state index is -4.69. The van der Waals surface area contributed by atoms with Crippen molar-refractivity contribution in [2.24, 2.45) is 0 Å². The Labute approximate surface area is 285 Å². The third kappa shape index (κ3) is 7.65. The second-order valence-corrected chi connectivity index (χ2v) is 14.5. The number of imidazole rings is 1. The van der Waals surface area contributed by atoms with Crippen LogP contribution in [-0.4, -0.2) is 62.8 Å². The number of likely N-dealkylation sites (tertiary alicyclic amines) is 1. The molecule has 0 unspecified atom stereocenters. The van der Waals surface area contributed by atoms with Crippen LogP contribution in [0.3, 0.4) is 0 Å². The Morgan fingerprint density at radius 3 is 1.96 bits per heavy atom. The van der Waals surface area contributed by atoms with Crippen LogP contribution in [0.15, 0.2) is 60.9 Å². The number of carbonyl (C=O) groups is 2. The van der Waals surface area contributed by atoms with Gasteiger partial charge in [0.05, 0.1) is 12.1 Å². The molecule has 49 heavy (non-hydrogen) atoms. The van der Waals surface area contributed by atoms with E-state index in [2.05, 4.69) is 20.6 Å². The van der Waals surface area contributed by atoms with Gasteiger partial charge in [0, 0.05) is 31.6 Å². The Morgan fingerprint density at radius 1 is 0.898 bits per heavy atom. The molecule has 264 valence electrons. The van der Waals surface area contributed by atoms with Gasteiger partial charge in [0.25, 0.3) is 0 Å². The van der Waals surface area contributed by atoms with Crippen LogP contribution in [0.2, 0.25) is 0 Å². The van der Waals surface area contributed by atoms with Crippen LogP contribution < -0.4 is 10.6 Å². The quantitative estimate of drug-likeness (QED) is 0.242. The molecule has 0 radical (unpaired) electrons.